The molecule has 3 rings (SSSR count). The number of hydrogen-bond donors (Lipinski definition) is 1. The van der Waals surface area contributed by atoms with Crippen molar-refractivity contribution in [3.8, 4) is 11.4 Å². The van der Waals surface area contributed by atoms with E-state index in [2.05, 4.69) is 14.8 Å². The van der Waals surface area contributed by atoms with Gasteiger partial charge in [-0.15, -0.1) is 0 Å². The third kappa shape index (κ3) is 4.35. The zero-order valence-corrected chi connectivity index (χ0v) is 17.8. The summed E-state index contributed by atoms with van der Waals surface area (Å²) in [5.41, 5.74) is 4.78. The number of carbonyl (C=O) groups is 1. The van der Waals surface area contributed by atoms with Gasteiger partial charge < -0.3 is 19.5 Å². The topological polar surface area (TPSA) is 46.5 Å². The number of benzene rings is 2. The molecule has 29 heavy (non-hydrogen) atoms. The molecule has 1 heterocycles. The van der Waals surface area contributed by atoms with Gasteiger partial charge in [-0.05, 0) is 52.2 Å². The van der Waals surface area contributed by atoms with Crippen LogP contribution in [0.25, 0.3) is 5.69 Å². The lowest BCUT2D eigenvalue weighted by Gasteiger charge is -2.26. The van der Waals surface area contributed by atoms with Gasteiger partial charge >= 0.3 is 0 Å². The second-order valence-electron chi connectivity index (χ2n) is 7.39. The molecule has 0 aliphatic heterocycles. The van der Waals surface area contributed by atoms with Crippen LogP contribution in [0.3, 0.4) is 0 Å². The fourth-order valence-corrected chi connectivity index (χ4v) is 3.76. The van der Waals surface area contributed by atoms with Crippen LogP contribution in [0.5, 0.6) is 5.75 Å². The van der Waals surface area contributed by atoms with E-state index in [4.69, 9.17) is 4.74 Å². The SMILES string of the molecule is COc1ccccc1C(CNC(=O)c1cc(C)n(-c2ccccc2)c1C)N(C)C. The van der Waals surface area contributed by atoms with Crippen molar-refractivity contribution in [3.05, 3.63) is 83.2 Å². The van der Waals surface area contributed by atoms with Crippen molar-refractivity contribution in [1.29, 1.82) is 0 Å². The summed E-state index contributed by atoms with van der Waals surface area (Å²) in [6.45, 7) is 4.49. The monoisotopic (exact) mass is 391 g/mol. The van der Waals surface area contributed by atoms with Crippen molar-refractivity contribution < 1.29 is 9.53 Å². The molecule has 0 fully saturated rings. The van der Waals surface area contributed by atoms with Crippen LogP contribution < -0.4 is 10.1 Å². The van der Waals surface area contributed by atoms with Gasteiger partial charge in [-0.2, -0.15) is 0 Å². The lowest BCUT2D eigenvalue weighted by Crippen LogP contribution is -2.35. The van der Waals surface area contributed by atoms with Gasteiger partial charge in [0.1, 0.15) is 5.75 Å². The van der Waals surface area contributed by atoms with Gasteiger partial charge in [0, 0.05) is 29.2 Å². The minimum Gasteiger partial charge on any atom is -0.496 e. The Bertz CT molecular complexity index is 977. The molecule has 5 nitrogen and oxygen atoms in total. The number of likely N-dealkylation sites (N-methyl/N-ethyl adjacent to an activating group) is 1. The van der Waals surface area contributed by atoms with Crippen LogP contribution in [0, 0.1) is 13.8 Å². The number of rotatable bonds is 7. The molecule has 2 aromatic carbocycles. The molecule has 1 N–H and O–H groups in total. The number of aryl methyl sites for hydroxylation is 1. The van der Waals surface area contributed by atoms with Gasteiger partial charge in [0.2, 0.25) is 0 Å². The number of ether oxygens (including phenoxy) is 1. The summed E-state index contributed by atoms with van der Waals surface area (Å²) in [6.07, 6.45) is 0. The zero-order chi connectivity index (χ0) is 21.0. The van der Waals surface area contributed by atoms with E-state index in [-0.39, 0.29) is 11.9 Å². The van der Waals surface area contributed by atoms with E-state index in [0.29, 0.717) is 12.1 Å². The minimum absolute atomic E-state index is 0.00714. The first kappa shape index (κ1) is 20.7. The third-order valence-electron chi connectivity index (χ3n) is 5.27. The molecule has 0 saturated heterocycles. The fourth-order valence-electron chi connectivity index (χ4n) is 3.76. The summed E-state index contributed by atoms with van der Waals surface area (Å²) in [5.74, 6) is 0.754. The Labute approximate surface area is 172 Å². The van der Waals surface area contributed by atoms with E-state index in [0.717, 1.165) is 28.4 Å². The Morgan fingerprint density at radius 3 is 2.38 bits per heavy atom. The second kappa shape index (κ2) is 8.97. The average Bonchev–Trinajstić information content (AvgIpc) is 3.02. The van der Waals surface area contributed by atoms with Gasteiger partial charge in [-0.3, -0.25) is 4.79 Å². The van der Waals surface area contributed by atoms with Crippen molar-refractivity contribution >= 4 is 5.91 Å². The van der Waals surface area contributed by atoms with Crippen LogP contribution in [0.1, 0.15) is 33.4 Å². The average molecular weight is 392 g/mol. The number of aromatic nitrogens is 1. The minimum atomic E-state index is -0.0676. The van der Waals surface area contributed by atoms with Crippen LogP contribution in [-0.2, 0) is 0 Å². The highest BCUT2D eigenvalue weighted by molar-refractivity contribution is 5.96. The predicted molar refractivity (Wildman–Crippen MR) is 117 cm³/mol. The second-order valence-corrected chi connectivity index (χ2v) is 7.39. The highest BCUT2D eigenvalue weighted by Gasteiger charge is 2.21. The Balaban J connectivity index is 1.81. The van der Waals surface area contributed by atoms with E-state index in [9.17, 15) is 4.79 Å². The van der Waals surface area contributed by atoms with E-state index in [1.54, 1.807) is 7.11 Å². The number of nitrogens with zero attached hydrogens (tertiary/aromatic N) is 2. The summed E-state index contributed by atoms with van der Waals surface area (Å²) in [5, 5.41) is 3.11. The highest BCUT2D eigenvalue weighted by atomic mass is 16.5. The highest BCUT2D eigenvalue weighted by Crippen LogP contribution is 2.27. The first-order chi connectivity index (χ1) is 13.9. The molecule has 5 heteroatoms. The maximum absolute atomic E-state index is 13.0. The van der Waals surface area contributed by atoms with Gasteiger partial charge in [-0.1, -0.05) is 36.4 Å². The van der Waals surface area contributed by atoms with Crippen molar-refractivity contribution in [1.82, 2.24) is 14.8 Å². The molecule has 0 radical (unpaired) electrons. The first-order valence-electron chi connectivity index (χ1n) is 9.76. The quantitative estimate of drug-likeness (QED) is 0.659. The zero-order valence-electron chi connectivity index (χ0n) is 17.8. The summed E-state index contributed by atoms with van der Waals surface area (Å²) < 4.78 is 7.62. The number of nitrogens with one attached hydrogen (secondary N) is 1. The molecule has 0 aliphatic carbocycles. The Morgan fingerprint density at radius 2 is 1.72 bits per heavy atom. The summed E-state index contributed by atoms with van der Waals surface area (Å²) in [6, 6.07) is 20.0. The summed E-state index contributed by atoms with van der Waals surface area (Å²) >= 11 is 0. The van der Waals surface area contributed by atoms with E-state index in [1.807, 2.05) is 88.6 Å². The maximum atomic E-state index is 13.0. The Hall–Kier alpha value is -3.05. The van der Waals surface area contributed by atoms with E-state index >= 15 is 0 Å². The number of hydrogen-bond acceptors (Lipinski definition) is 3. The molecule has 3 aromatic rings. The van der Waals surface area contributed by atoms with Gasteiger partial charge in [0.05, 0.1) is 18.7 Å². The molecule has 1 amide bonds. The van der Waals surface area contributed by atoms with Crippen molar-refractivity contribution in [2.24, 2.45) is 0 Å². The predicted octanol–water partition coefficient (Wildman–Crippen LogP) is 4.14. The van der Waals surface area contributed by atoms with Gasteiger partial charge in [0.25, 0.3) is 5.91 Å². The van der Waals surface area contributed by atoms with Crippen LogP contribution in [0.4, 0.5) is 0 Å². The van der Waals surface area contributed by atoms with Gasteiger partial charge in [-0.25, -0.2) is 0 Å². The van der Waals surface area contributed by atoms with Crippen LogP contribution >= 0.6 is 0 Å². The number of methoxy groups -OCH3 is 1. The fraction of sp³-hybridized carbons (Fsp3) is 0.292. The first-order valence-corrected chi connectivity index (χ1v) is 9.76. The van der Waals surface area contributed by atoms with Crippen molar-refractivity contribution in [2.75, 3.05) is 27.7 Å². The summed E-state index contributed by atoms with van der Waals surface area (Å²) in [4.78, 5) is 15.1. The molecule has 0 aliphatic rings. The Kier molecular flexibility index (Phi) is 6.39. The van der Waals surface area contributed by atoms with E-state index in [1.165, 1.54) is 0 Å². The van der Waals surface area contributed by atoms with Crippen molar-refractivity contribution in [2.45, 2.75) is 19.9 Å². The normalized spacial score (nSPS) is 12.1. The van der Waals surface area contributed by atoms with Crippen molar-refractivity contribution in [3.63, 3.8) is 0 Å². The molecule has 1 unspecified atom stereocenters. The molecule has 1 aromatic heterocycles. The molecule has 0 bridgehead atoms. The molecule has 0 saturated carbocycles. The molecular weight excluding hydrogens is 362 g/mol. The molecule has 1 atom stereocenters. The van der Waals surface area contributed by atoms with E-state index < -0.39 is 0 Å². The maximum Gasteiger partial charge on any atom is 0.253 e. The lowest BCUT2D eigenvalue weighted by atomic mass is 10.0. The molecule has 152 valence electrons. The Morgan fingerprint density at radius 1 is 1.07 bits per heavy atom. The van der Waals surface area contributed by atoms with Crippen LogP contribution in [0.2, 0.25) is 0 Å². The van der Waals surface area contributed by atoms with Gasteiger partial charge in [0.15, 0.2) is 0 Å². The third-order valence-corrected chi connectivity index (χ3v) is 5.27. The number of para-hydroxylation sites is 2. The standard InChI is InChI=1S/C24H29N3O2/c1-17-15-21(18(2)27(17)19-11-7-6-8-12-19)24(28)25-16-22(26(3)4)20-13-9-10-14-23(20)29-5/h6-15,22H,16H2,1-5H3,(H,25,28). The largest absolute Gasteiger partial charge is 0.496 e. The molecule has 0 spiro atoms. The molecular formula is C24H29N3O2. The summed E-state index contributed by atoms with van der Waals surface area (Å²) in [7, 11) is 5.68. The van der Waals surface area contributed by atoms with Crippen LogP contribution in [-0.4, -0.2) is 43.1 Å². The van der Waals surface area contributed by atoms with Crippen LogP contribution in [0.15, 0.2) is 60.7 Å². The number of amides is 1. The lowest BCUT2D eigenvalue weighted by molar-refractivity contribution is 0.0941. The number of carbonyl (C=O) groups excluding carboxylic acids is 1. The smallest absolute Gasteiger partial charge is 0.253 e.